The van der Waals surface area contributed by atoms with Gasteiger partial charge in [-0.2, -0.15) is 0 Å². The Balaban J connectivity index is 2.00. The van der Waals surface area contributed by atoms with Gasteiger partial charge in [0.15, 0.2) is 0 Å². The van der Waals surface area contributed by atoms with Gasteiger partial charge in [-0.05, 0) is 38.3 Å². The zero-order valence-electron chi connectivity index (χ0n) is 9.45. The molecule has 86 valence electrons. The molecule has 0 atom stereocenters. The standard InChI is InChI=1S/C11H20N2OS/c1-9(2)14-6-3-5-13-8-11-10(12)4-7-15-11/h4,7,9,13H,3,5-6,8,12H2,1-2H3. The first kappa shape index (κ1) is 12.5. The minimum atomic E-state index is 0.331. The van der Waals surface area contributed by atoms with Gasteiger partial charge in [0.2, 0.25) is 0 Å². The summed E-state index contributed by atoms with van der Waals surface area (Å²) >= 11 is 1.70. The minimum absolute atomic E-state index is 0.331. The highest BCUT2D eigenvalue weighted by atomic mass is 32.1. The number of nitrogens with one attached hydrogen (secondary N) is 1. The molecule has 0 unspecified atom stereocenters. The third-order valence-corrected chi connectivity index (χ3v) is 2.95. The molecule has 4 heteroatoms. The Bertz CT molecular complexity index is 273. The highest BCUT2D eigenvalue weighted by Gasteiger charge is 1.99. The first-order valence-corrected chi connectivity index (χ1v) is 6.22. The molecule has 0 aromatic carbocycles. The molecule has 0 spiro atoms. The molecule has 0 radical (unpaired) electrons. The number of ether oxygens (including phenoxy) is 1. The maximum absolute atomic E-state index is 5.77. The van der Waals surface area contributed by atoms with Crippen LogP contribution in [-0.4, -0.2) is 19.3 Å². The van der Waals surface area contributed by atoms with E-state index in [0.717, 1.165) is 31.8 Å². The molecule has 1 aromatic rings. The van der Waals surface area contributed by atoms with Gasteiger partial charge in [0.05, 0.1) is 6.10 Å². The molecule has 0 saturated heterocycles. The third kappa shape index (κ3) is 5.16. The zero-order chi connectivity index (χ0) is 11.1. The summed E-state index contributed by atoms with van der Waals surface area (Å²) in [4.78, 5) is 1.22. The molecule has 3 N–H and O–H groups in total. The van der Waals surface area contributed by atoms with Crippen LogP contribution in [-0.2, 0) is 11.3 Å². The second kappa shape index (κ2) is 6.82. The van der Waals surface area contributed by atoms with Crippen LogP contribution in [0.25, 0.3) is 0 Å². The third-order valence-electron chi connectivity index (χ3n) is 2.01. The molecule has 0 aliphatic heterocycles. The number of nitrogen functional groups attached to an aromatic ring is 1. The van der Waals surface area contributed by atoms with Crippen LogP contribution in [0.1, 0.15) is 25.1 Å². The van der Waals surface area contributed by atoms with Gasteiger partial charge in [0.25, 0.3) is 0 Å². The van der Waals surface area contributed by atoms with Gasteiger partial charge < -0.3 is 15.8 Å². The van der Waals surface area contributed by atoms with Gasteiger partial charge in [-0.1, -0.05) is 0 Å². The van der Waals surface area contributed by atoms with Gasteiger partial charge in [-0.3, -0.25) is 0 Å². The van der Waals surface area contributed by atoms with Crippen LogP contribution >= 0.6 is 11.3 Å². The summed E-state index contributed by atoms with van der Waals surface area (Å²) in [6, 6.07) is 1.95. The molecule has 0 amide bonds. The van der Waals surface area contributed by atoms with Crippen molar-refractivity contribution in [1.82, 2.24) is 5.32 Å². The zero-order valence-corrected chi connectivity index (χ0v) is 10.3. The molecular weight excluding hydrogens is 208 g/mol. The molecule has 0 aliphatic carbocycles. The topological polar surface area (TPSA) is 47.3 Å². The average Bonchev–Trinajstić information content (AvgIpc) is 2.57. The second-order valence-electron chi connectivity index (χ2n) is 3.75. The van der Waals surface area contributed by atoms with E-state index in [1.807, 2.05) is 11.4 Å². The molecule has 0 saturated carbocycles. The number of thiophene rings is 1. The average molecular weight is 228 g/mol. The van der Waals surface area contributed by atoms with Crippen molar-refractivity contribution < 1.29 is 4.74 Å². The number of nitrogens with two attached hydrogens (primary N) is 1. The summed E-state index contributed by atoms with van der Waals surface area (Å²) in [6.45, 7) is 6.78. The van der Waals surface area contributed by atoms with Gasteiger partial charge in [-0.25, -0.2) is 0 Å². The lowest BCUT2D eigenvalue weighted by molar-refractivity contribution is 0.0770. The lowest BCUT2D eigenvalue weighted by Gasteiger charge is -2.07. The monoisotopic (exact) mass is 228 g/mol. The fourth-order valence-corrected chi connectivity index (χ4v) is 1.98. The molecule has 1 aromatic heterocycles. The molecule has 15 heavy (non-hydrogen) atoms. The lowest BCUT2D eigenvalue weighted by Crippen LogP contribution is -2.17. The van der Waals surface area contributed by atoms with Gasteiger partial charge in [0, 0.05) is 23.7 Å². The summed E-state index contributed by atoms with van der Waals surface area (Å²) in [6.07, 6.45) is 1.38. The summed E-state index contributed by atoms with van der Waals surface area (Å²) in [5, 5.41) is 5.37. The van der Waals surface area contributed by atoms with E-state index in [4.69, 9.17) is 10.5 Å². The molecule has 0 fully saturated rings. The van der Waals surface area contributed by atoms with Crippen LogP contribution in [0.3, 0.4) is 0 Å². The maximum atomic E-state index is 5.77. The van der Waals surface area contributed by atoms with Gasteiger partial charge in [-0.15, -0.1) is 11.3 Å². The van der Waals surface area contributed by atoms with E-state index in [1.165, 1.54) is 4.88 Å². The first-order chi connectivity index (χ1) is 7.20. The lowest BCUT2D eigenvalue weighted by atomic mass is 10.4. The van der Waals surface area contributed by atoms with E-state index in [2.05, 4.69) is 19.2 Å². The van der Waals surface area contributed by atoms with Crippen molar-refractivity contribution in [2.45, 2.75) is 32.9 Å². The normalized spacial score (nSPS) is 11.1. The SMILES string of the molecule is CC(C)OCCCNCc1sccc1N. The summed E-state index contributed by atoms with van der Waals surface area (Å²) < 4.78 is 5.44. The van der Waals surface area contributed by atoms with Crippen molar-refractivity contribution in [1.29, 1.82) is 0 Å². The fourth-order valence-electron chi connectivity index (χ4n) is 1.21. The molecule has 0 aliphatic rings. The van der Waals surface area contributed by atoms with Crippen molar-refractivity contribution >= 4 is 17.0 Å². The summed E-state index contributed by atoms with van der Waals surface area (Å²) in [5.41, 5.74) is 6.66. The molecule has 1 heterocycles. The van der Waals surface area contributed by atoms with Crippen molar-refractivity contribution in [2.24, 2.45) is 0 Å². The Morgan fingerprint density at radius 1 is 1.53 bits per heavy atom. The molecule has 0 bridgehead atoms. The fraction of sp³-hybridized carbons (Fsp3) is 0.636. The maximum Gasteiger partial charge on any atom is 0.0518 e. The highest BCUT2D eigenvalue weighted by Crippen LogP contribution is 2.17. The van der Waals surface area contributed by atoms with Crippen LogP contribution in [0, 0.1) is 0 Å². The van der Waals surface area contributed by atoms with Crippen LogP contribution in [0.4, 0.5) is 5.69 Å². The first-order valence-electron chi connectivity index (χ1n) is 5.34. The van der Waals surface area contributed by atoms with Crippen LogP contribution in [0.5, 0.6) is 0 Å². The number of rotatable bonds is 7. The summed E-state index contributed by atoms with van der Waals surface area (Å²) in [7, 11) is 0. The Kier molecular flexibility index (Phi) is 5.68. The van der Waals surface area contributed by atoms with Crippen LogP contribution in [0.2, 0.25) is 0 Å². The van der Waals surface area contributed by atoms with Crippen molar-refractivity contribution in [2.75, 3.05) is 18.9 Å². The highest BCUT2D eigenvalue weighted by molar-refractivity contribution is 7.10. The number of anilines is 1. The van der Waals surface area contributed by atoms with E-state index in [0.29, 0.717) is 6.10 Å². The van der Waals surface area contributed by atoms with E-state index >= 15 is 0 Å². The predicted molar refractivity (Wildman–Crippen MR) is 66.1 cm³/mol. The Hall–Kier alpha value is -0.580. The number of hydrogen-bond acceptors (Lipinski definition) is 4. The van der Waals surface area contributed by atoms with E-state index in [9.17, 15) is 0 Å². The largest absolute Gasteiger partial charge is 0.398 e. The van der Waals surface area contributed by atoms with Crippen LogP contribution in [0.15, 0.2) is 11.4 Å². The Morgan fingerprint density at radius 3 is 2.93 bits per heavy atom. The Morgan fingerprint density at radius 2 is 2.33 bits per heavy atom. The molecular formula is C11H20N2OS. The van der Waals surface area contributed by atoms with Crippen LogP contribution < -0.4 is 11.1 Å². The second-order valence-corrected chi connectivity index (χ2v) is 4.75. The minimum Gasteiger partial charge on any atom is -0.398 e. The van der Waals surface area contributed by atoms with E-state index in [1.54, 1.807) is 11.3 Å². The predicted octanol–water partition coefficient (Wildman–Crippen LogP) is 2.23. The van der Waals surface area contributed by atoms with Crippen molar-refractivity contribution in [3.05, 3.63) is 16.3 Å². The van der Waals surface area contributed by atoms with E-state index < -0.39 is 0 Å². The van der Waals surface area contributed by atoms with Crippen molar-refractivity contribution in [3.63, 3.8) is 0 Å². The number of hydrogen-bond donors (Lipinski definition) is 2. The van der Waals surface area contributed by atoms with Gasteiger partial charge >= 0.3 is 0 Å². The van der Waals surface area contributed by atoms with Gasteiger partial charge in [0.1, 0.15) is 0 Å². The van der Waals surface area contributed by atoms with Crippen molar-refractivity contribution in [3.8, 4) is 0 Å². The summed E-state index contributed by atoms with van der Waals surface area (Å²) in [5.74, 6) is 0. The molecule has 3 nitrogen and oxygen atoms in total. The smallest absolute Gasteiger partial charge is 0.0518 e. The Labute approximate surface area is 95.6 Å². The van der Waals surface area contributed by atoms with E-state index in [-0.39, 0.29) is 0 Å². The quantitative estimate of drug-likeness (QED) is 0.704. The molecule has 1 rings (SSSR count).